The van der Waals surface area contributed by atoms with Gasteiger partial charge in [0.2, 0.25) is 0 Å². The molecule has 0 aliphatic heterocycles. The lowest BCUT2D eigenvalue weighted by Gasteiger charge is -2.71. The number of aromatic nitrogens is 6. The number of rotatable bonds is 3. The van der Waals surface area contributed by atoms with Crippen LogP contribution in [-0.4, -0.2) is 35.2 Å². The maximum atomic E-state index is 13.5. The van der Waals surface area contributed by atoms with E-state index in [2.05, 4.69) is 99.7 Å². The van der Waals surface area contributed by atoms with Gasteiger partial charge in [-0.2, -0.15) is 5.10 Å². The molecule has 9 nitrogen and oxygen atoms in total. The van der Waals surface area contributed by atoms with Crippen molar-refractivity contribution in [2.75, 3.05) is 11.6 Å². The molecule has 256 valence electrons. The molecule has 3 heterocycles. The fourth-order valence-corrected chi connectivity index (χ4v) is 13.4. The minimum Gasteiger partial charge on any atom is -0.384 e. The van der Waals surface area contributed by atoms with Gasteiger partial charge in [0.1, 0.15) is 12.1 Å². The van der Waals surface area contributed by atoms with Gasteiger partial charge in [0.25, 0.3) is 0 Å². The van der Waals surface area contributed by atoms with Crippen molar-refractivity contribution in [3.8, 4) is 0 Å². The zero-order valence-corrected chi connectivity index (χ0v) is 30.4. The van der Waals surface area contributed by atoms with Crippen LogP contribution in [0, 0.1) is 51.2 Å². The molecule has 9 atom stereocenters. The summed E-state index contributed by atoms with van der Waals surface area (Å²) in [7, 11) is 0. The van der Waals surface area contributed by atoms with Crippen molar-refractivity contribution < 1.29 is 4.79 Å². The molecule has 2 unspecified atom stereocenters. The van der Waals surface area contributed by atoms with Gasteiger partial charge in [0.05, 0.1) is 5.69 Å². The Labute approximate surface area is 289 Å². The Bertz CT molecular complexity index is 1830. The van der Waals surface area contributed by atoms with Gasteiger partial charge in [0.15, 0.2) is 10.9 Å². The van der Waals surface area contributed by atoms with E-state index in [4.69, 9.17) is 16.7 Å². The number of aromatic amines is 1. The summed E-state index contributed by atoms with van der Waals surface area (Å²) in [4.78, 5) is 18.2. The first kappa shape index (κ1) is 32.1. The average molecular weight is 669 g/mol. The van der Waals surface area contributed by atoms with E-state index in [9.17, 15) is 4.79 Å². The number of hydrogen-bond donors (Lipinski definition) is 4. The Morgan fingerprint density at radius 1 is 1.06 bits per heavy atom. The number of nitrogens with two attached hydrogens (primary N) is 2. The second-order valence-electron chi connectivity index (χ2n) is 18.2. The predicted molar refractivity (Wildman–Crippen MR) is 191 cm³/mol. The number of carbonyl (C=O) groups excluding carboxylic acids is 1. The fraction of sp³-hybridized carbons (Fsp3) is 0.658. The molecule has 0 saturated heterocycles. The highest BCUT2D eigenvalue weighted by molar-refractivity contribution is 7.96. The zero-order chi connectivity index (χ0) is 34.2. The number of allylic oxidation sites excluding steroid dienone is 2. The third-order valence-corrected chi connectivity index (χ3v) is 15.4. The molecule has 0 radical (unpaired) electrons. The highest BCUT2D eigenvalue weighted by atomic mass is 32.1. The van der Waals surface area contributed by atoms with Gasteiger partial charge in [-0.05, 0) is 107 Å². The Morgan fingerprint density at radius 3 is 2.50 bits per heavy atom. The first-order chi connectivity index (χ1) is 22.5. The molecular formula is C38H52N8OS. The first-order valence-electron chi connectivity index (χ1n) is 17.9. The molecule has 3 saturated carbocycles. The minimum atomic E-state index is -0.198. The summed E-state index contributed by atoms with van der Waals surface area (Å²) in [5, 5.41) is 16.9. The zero-order valence-electron chi connectivity index (χ0n) is 29.5. The summed E-state index contributed by atoms with van der Waals surface area (Å²) in [6.45, 7) is 17.2. The third kappa shape index (κ3) is 4.13. The Balaban J connectivity index is 1.40. The van der Waals surface area contributed by atoms with Crippen LogP contribution in [0.2, 0.25) is 0 Å². The van der Waals surface area contributed by atoms with Gasteiger partial charge < -0.3 is 11.6 Å². The molecule has 3 fully saturated rings. The third-order valence-electron chi connectivity index (χ3n) is 15.0. The Kier molecular flexibility index (Phi) is 6.82. The minimum absolute atomic E-state index is 0.0147. The number of pyridine rings is 1. The number of H-pyrrole nitrogens is 1. The maximum absolute atomic E-state index is 13.5. The number of hydrogen-bond acceptors (Lipinski definition) is 7. The molecular weight excluding hydrogens is 617 g/mol. The number of thiol groups is 1. The molecule has 3 aromatic rings. The largest absolute Gasteiger partial charge is 0.384 e. The second kappa shape index (κ2) is 10.2. The highest BCUT2D eigenvalue weighted by Crippen LogP contribution is 2.77. The number of nitrogen functional groups attached to an aromatic ring is 2. The van der Waals surface area contributed by atoms with Crippen LogP contribution in [0.4, 0.5) is 5.82 Å². The summed E-state index contributed by atoms with van der Waals surface area (Å²) in [6.07, 6.45) is 12.4. The van der Waals surface area contributed by atoms with E-state index in [-0.39, 0.29) is 55.9 Å². The number of anilines is 1. The van der Waals surface area contributed by atoms with Gasteiger partial charge in [-0.15, -0.1) is 22.8 Å². The van der Waals surface area contributed by atoms with Crippen LogP contribution in [0.15, 0.2) is 36.4 Å². The highest BCUT2D eigenvalue weighted by Gasteiger charge is 2.70. The van der Waals surface area contributed by atoms with Gasteiger partial charge in [0, 0.05) is 35.2 Å². The van der Waals surface area contributed by atoms with Crippen LogP contribution in [0.5, 0.6) is 0 Å². The van der Waals surface area contributed by atoms with Gasteiger partial charge >= 0.3 is 0 Å². The van der Waals surface area contributed by atoms with Crippen LogP contribution in [0.1, 0.15) is 116 Å². The van der Waals surface area contributed by atoms with Gasteiger partial charge in [-0.3, -0.25) is 14.9 Å². The summed E-state index contributed by atoms with van der Waals surface area (Å²) in [5.41, 5.74) is 12.8. The SMILES string of the molecule is CC1(C)C[C@@H]2C3=C(c4cccnc4)CC4[C@@]5(C)Cc6c(n[nH]c6N)C(C)(C)[C@@H]5CC[C@@]4(C)[C@]3(C)CC(c3nncn3N)[C@H]2[C@H](C(=O)S)C1. The number of fused-ring (bicyclic) bond motifs is 8. The molecule has 5 N–H and O–H groups in total. The Morgan fingerprint density at radius 2 is 1.83 bits per heavy atom. The smallest absolute Gasteiger partial charge is 0.189 e. The van der Waals surface area contributed by atoms with Crippen LogP contribution in [-0.2, 0) is 16.6 Å². The van der Waals surface area contributed by atoms with E-state index in [0.29, 0.717) is 17.7 Å². The summed E-state index contributed by atoms with van der Waals surface area (Å²) >= 11 is 4.57. The van der Waals surface area contributed by atoms with E-state index in [0.717, 1.165) is 56.5 Å². The van der Waals surface area contributed by atoms with Crippen LogP contribution in [0.3, 0.4) is 0 Å². The van der Waals surface area contributed by atoms with E-state index in [1.54, 1.807) is 16.6 Å². The number of nitrogens with one attached hydrogen (secondary N) is 1. The van der Waals surface area contributed by atoms with Crippen molar-refractivity contribution in [2.24, 2.45) is 51.2 Å². The van der Waals surface area contributed by atoms with E-state index in [1.807, 2.05) is 6.20 Å². The molecule has 0 aromatic carbocycles. The molecule has 5 aliphatic carbocycles. The topological polar surface area (TPSA) is 141 Å². The normalized spacial score (nSPS) is 39.4. The monoisotopic (exact) mass is 668 g/mol. The molecule has 48 heavy (non-hydrogen) atoms. The fourth-order valence-electron chi connectivity index (χ4n) is 13.1. The van der Waals surface area contributed by atoms with E-state index in [1.165, 1.54) is 16.7 Å². The lowest BCUT2D eigenvalue weighted by Crippen LogP contribution is -2.65. The van der Waals surface area contributed by atoms with Crippen molar-refractivity contribution in [3.63, 3.8) is 0 Å². The molecule has 0 bridgehead atoms. The van der Waals surface area contributed by atoms with Gasteiger partial charge in [-0.1, -0.05) is 60.1 Å². The first-order valence-corrected chi connectivity index (χ1v) is 18.3. The lowest BCUT2D eigenvalue weighted by atomic mass is 9.33. The lowest BCUT2D eigenvalue weighted by molar-refractivity contribution is -0.157. The van der Waals surface area contributed by atoms with Crippen molar-refractivity contribution in [3.05, 3.63) is 59.1 Å². The average Bonchev–Trinajstić information content (AvgIpc) is 3.61. The number of carbonyl (C=O) groups is 1. The molecule has 10 heteroatoms. The number of nitrogens with zero attached hydrogens (tertiary/aromatic N) is 5. The summed E-state index contributed by atoms with van der Waals surface area (Å²) in [6, 6.07) is 4.33. The second-order valence-corrected chi connectivity index (χ2v) is 18.6. The Hall–Kier alpha value is -3.14. The van der Waals surface area contributed by atoms with Crippen LogP contribution in [0.25, 0.3) is 5.57 Å². The quantitative estimate of drug-likeness (QED) is 0.179. The van der Waals surface area contributed by atoms with Crippen molar-refractivity contribution in [1.82, 2.24) is 30.1 Å². The van der Waals surface area contributed by atoms with Crippen molar-refractivity contribution in [2.45, 2.75) is 105 Å². The maximum Gasteiger partial charge on any atom is 0.189 e. The van der Waals surface area contributed by atoms with Crippen molar-refractivity contribution >= 4 is 29.1 Å². The molecule has 3 aromatic heterocycles. The van der Waals surface area contributed by atoms with Crippen molar-refractivity contribution in [1.29, 1.82) is 0 Å². The van der Waals surface area contributed by atoms with E-state index >= 15 is 0 Å². The van der Waals surface area contributed by atoms with E-state index < -0.39 is 0 Å². The standard InChI is InChI=1S/C38H52N8OS/c1-34(2)14-22-28(24(15-34)33(47)48)23(32-45-42-19-46(32)40)17-38(7)29(22)21(20-9-8-12-41-18-20)13-27-36(5)16-25-30(43-44-31(25)39)35(3,4)26(36)10-11-37(27,38)6/h8-9,12,18-19,22-24,26-28H,10-11,13-17,40H2,1-7H3,(H,47,48)(H3,39,43,44)/t22-,23?,24+,26-,27?,28-,36-,37+,38+/m0/s1. The molecule has 0 spiro atoms. The molecule has 0 amide bonds. The van der Waals surface area contributed by atoms with Crippen LogP contribution < -0.4 is 11.6 Å². The predicted octanol–water partition coefficient (Wildman–Crippen LogP) is 6.74. The molecule has 8 rings (SSSR count). The summed E-state index contributed by atoms with van der Waals surface area (Å²) < 4.78 is 1.61. The summed E-state index contributed by atoms with van der Waals surface area (Å²) in [5.74, 6) is 8.92. The van der Waals surface area contributed by atoms with Crippen LogP contribution >= 0.6 is 12.6 Å². The molecule has 5 aliphatic rings. The van der Waals surface area contributed by atoms with Gasteiger partial charge in [-0.25, -0.2) is 4.68 Å².